The van der Waals surface area contributed by atoms with E-state index in [1.165, 1.54) is 76.8 Å². The number of esters is 2. The summed E-state index contributed by atoms with van der Waals surface area (Å²) in [4.78, 5) is 34.4. The van der Waals surface area contributed by atoms with Gasteiger partial charge in [0.15, 0.2) is 0 Å². The van der Waals surface area contributed by atoms with E-state index in [4.69, 9.17) is 9.47 Å². The van der Waals surface area contributed by atoms with Crippen LogP contribution in [0.2, 0.25) is 0 Å². The fourth-order valence-electron chi connectivity index (χ4n) is 4.30. The van der Waals surface area contributed by atoms with E-state index >= 15 is 0 Å². The monoisotopic (exact) mass is 489 g/mol. The molecule has 0 aliphatic carbocycles. The van der Waals surface area contributed by atoms with Crippen molar-refractivity contribution in [3.05, 3.63) is 35.4 Å². The van der Waals surface area contributed by atoms with Gasteiger partial charge in [-0.05, 0) is 43.2 Å². The Labute approximate surface area is 212 Å². The van der Waals surface area contributed by atoms with Gasteiger partial charge in [0.2, 0.25) is 5.91 Å². The molecule has 0 aromatic heterocycles. The van der Waals surface area contributed by atoms with Crippen LogP contribution in [-0.2, 0) is 36.7 Å². The molecule has 0 bridgehead atoms. The van der Waals surface area contributed by atoms with Gasteiger partial charge in [0.1, 0.15) is 18.8 Å². The van der Waals surface area contributed by atoms with Gasteiger partial charge in [0.05, 0.1) is 0 Å². The molecule has 6 nitrogen and oxygen atoms in total. The molecule has 1 amide bonds. The molecule has 1 N–H and O–H groups in total. The van der Waals surface area contributed by atoms with E-state index < -0.39 is 17.5 Å². The first-order valence-corrected chi connectivity index (χ1v) is 13.4. The van der Waals surface area contributed by atoms with Gasteiger partial charge in [0.25, 0.3) is 0 Å². The number of ether oxygens (including phenoxy) is 2. The molecule has 0 atom stereocenters. The first-order valence-electron chi connectivity index (χ1n) is 13.4. The summed E-state index contributed by atoms with van der Waals surface area (Å²) in [6, 6.07) is 9.13. The van der Waals surface area contributed by atoms with Crippen molar-refractivity contribution in [3.8, 4) is 0 Å². The molecular formula is C29H47NO5. The highest BCUT2D eigenvalue weighted by Gasteiger charge is 2.33. The maximum Gasteiger partial charge on any atom is 0.302 e. The summed E-state index contributed by atoms with van der Waals surface area (Å²) in [6.07, 6.45) is 14.6. The molecule has 0 unspecified atom stereocenters. The normalized spacial score (nSPS) is 11.2. The smallest absolute Gasteiger partial charge is 0.302 e. The molecule has 198 valence electrons. The van der Waals surface area contributed by atoms with E-state index in [2.05, 4.69) is 36.5 Å². The van der Waals surface area contributed by atoms with Crippen molar-refractivity contribution in [3.63, 3.8) is 0 Å². The summed E-state index contributed by atoms with van der Waals surface area (Å²) in [6.45, 7) is 6.30. The number of unbranched alkanes of at least 4 members (excludes halogenated alkanes) is 8. The summed E-state index contributed by atoms with van der Waals surface area (Å²) in [5.74, 6) is -1.10. The van der Waals surface area contributed by atoms with E-state index in [9.17, 15) is 14.4 Å². The van der Waals surface area contributed by atoms with Crippen molar-refractivity contribution in [2.75, 3.05) is 13.2 Å². The largest absolute Gasteiger partial charge is 0.463 e. The Balaban J connectivity index is 2.32. The lowest BCUT2D eigenvalue weighted by Gasteiger charge is -2.33. The molecule has 1 rings (SSSR count). The van der Waals surface area contributed by atoms with Crippen LogP contribution in [0.5, 0.6) is 0 Å². The summed E-state index contributed by atoms with van der Waals surface area (Å²) in [7, 11) is 0. The van der Waals surface area contributed by atoms with Crippen LogP contribution < -0.4 is 5.32 Å². The minimum Gasteiger partial charge on any atom is -0.463 e. The SMILES string of the molecule is CCCCCCc1ccc(CCCCCCCCC(COC(C)=O)(COC(C)=O)NC(C)=O)cc1. The molecule has 0 radical (unpaired) electrons. The molecule has 0 heterocycles. The topological polar surface area (TPSA) is 81.7 Å². The van der Waals surface area contributed by atoms with Crippen LogP contribution in [-0.4, -0.2) is 36.6 Å². The number of amides is 1. The number of carbonyl (C=O) groups is 3. The van der Waals surface area contributed by atoms with Gasteiger partial charge in [-0.2, -0.15) is 0 Å². The van der Waals surface area contributed by atoms with Crippen molar-refractivity contribution < 1.29 is 23.9 Å². The van der Waals surface area contributed by atoms with Gasteiger partial charge in [-0.1, -0.05) is 82.6 Å². The molecule has 0 saturated heterocycles. The molecule has 0 aliphatic rings. The standard InChI is InChI=1S/C29H47NO5/c1-5-6-7-12-15-27-17-19-28(20-18-27)16-13-10-8-9-11-14-21-29(30-24(2)31,22-34-25(3)32)23-35-26(4)33/h17-20H,5-16,21-23H2,1-4H3,(H,30,31). The summed E-state index contributed by atoms with van der Waals surface area (Å²) in [5, 5.41) is 2.86. The molecule has 35 heavy (non-hydrogen) atoms. The Hall–Kier alpha value is -2.37. The van der Waals surface area contributed by atoms with E-state index in [1.54, 1.807) is 0 Å². The summed E-state index contributed by atoms with van der Waals surface area (Å²) >= 11 is 0. The van der Waals surface area contributed by atoms with E-state index in [1.807, 2.05) is 0 Å². The quantitative estimate of drug-likeness (QED) is 0.188. The number of benzene rings is 1. The van der Waals surface area contributed by atoms with E-state index in [-0.39, 0.29) is 19.1 Å². The van der Waals surface area contributed by atoms with Crippen LogP contribution >= 0.6 is 0 Å². The van der Waals surface area contributed by atoms with E-state index in [0.29, 0.717) is 6.42 Å². The minimum atomic E-state index is -0.884. The van der Waals surface area contributed by atoms with Crippen LogP contribution in [0.25, 0.3) is 0 Å². The van der Waals surface area contributed by atoms with Gasteiger partial charge < -0.3 is 14.8 Å². The van der Waals surface area contributed by atoms with Gasteiger partial charge in [-0.3, -0.25) is 14.4 Å². The van der Waals surface area contributed by atoms with Crippen LogP contribution in [0, 0.1) is 0 Å². The Morgan fingerprint density at radius 3 is 1.54 bits per heavy atom. The first-order chi connectivity index (χ1) is 16.8. The van der Waals surface area contributed by atoms with Crippen molar-refractivity contribution in [1.29, 1.82) is 0 Å². The molecule has 1 aromatic rings. The number of nitrogens with one attached hydrogen (secondary N) is 1. The molecule has 0 spiro atoms. The molecule has 6 heteroatoms. The number of hydrogen-bond donors (Lipinski definition) is 1. The zero-order valence-corrected chi connectivity index (χ0v) is 22.5. The van der Waals surface area contributed by atoms with Gasteiger partial charge in [-0.15, -0.1) is 0 Å². The number of carbonyl (C=O) groups excluding carboxylic acids is 3. The third kappa shape index (κ3) is 15.3. The molecule has 0 fully saturated rings. The predicted octanol–water partition coefficient (Wildman–Crippen LogP) is 6.08. The average molecular weight is 490 g/mol. The molecule has 0 aliphatic heterocycles. The minimum absolute atomic E-state index is 0.00722. The highest BCUT2D eigenvalue weighted by atomic mass is 16.5. The second-order valence-corrected chi connectivity index (χ2v) is 9.77. The molecule has 1 aromatic carbocycles. The summed E-state index contributed by atoms with van der Waals surface area (Å²) < 4.78 is 10.4. The lowest BCUT2D eigenvalue weighted by molar-refractivity contribution is -0.150. The Bertz CT molecular complexity index is 726. The van der Waals surface area contributed by atoms with Gasteiger partial charge >= 0.3 is 11.9 Å². The third-order valence-corrected chi connectivity index (χ3v) is 6.26. The Kier molecular flexibility index (Phi) is 15.7. The highest BCUT2D eigenvalue weighted by molar-refractivity contribution is 5.74. The lowest BCUT2D eigenvalue weighted by atomic mass is 9.92. The molecular weight excluding hydrogens is 442 g/mol. The second kappa shape index (κ2) is 18.0. The van der Waals surface area contributed by atoms with E-state index in [0.717, 1.165) is 32.1 Å². The van der Waals surface area contributed by atoms with Crippen LogP contribution in [0.4, 0.5) is 0 Å². The average Bonchev–Trinajstić information content (AvgIpc) is 2.81. The fraction of sp³-hybridized carbons (Fsp3) is 0.690. The summed E-state index contributed by atoms with van der Waals surface area (Å²) in [5.41, 5.74) is 1.98. The number of aryl methyl sites for hydroxylation is 2. The third-order valence-electron chi connectivity index (χ3n) is 6.26. The van der Waals surface area contributed by atoms with Crippen molar-refractivity contribution in [2.24, 2.45) is 0 Å². The van der Waals surface area contributed by atoms with Crippen LogP contribution in [0.15, 0.2) is 24.3 Å². The van der Waals surface area contributed by atoms with Gasteiger partial charge in [0, 0.05) is 20.8 Å². The maximum absolute atomic E-state index is 11.8. The maximum atomic E-state index is 11.8. The fourth-order valence-corrected chi connectivity index (χ4v) is 4.30. The van der Waals surface area contributed by atoms with Crippen LogP contribution in [0.1, 0.15) is 109 Å². The number of rotatable bonds is 19. The molecule has 0 saturated carbocycles. The van der Waals surface area contributed by atoms with Crippen molar-refractivity contribution in [2.45, 2.75) is 117 Å². The first kappa shape index (κ1) is 30.7. The van der Waals surface area contributed by atoms with Crippen LogP contribution in [0.3, 0.4) is 0 Å². The van der Waals surface area contributed by atoms with Gasteiger partial charge in [-0.25, -0.2) is 0 Å². The second-order valence-electron chi connectivity index (χ2n) is 9.77. The Morgan fingerprint density at radius 2 is 1.11 bits per heavy atom. The highest BCUT2D eigenvalue weighted by Crippen LogP contribution is 2.19. The van der Waals surface area contributed by atoms with Crippen molar-refractivity contribution in [1.82, 2.24) is 5.32 Å². The predicted molar refractivity (Wildman–Crippen MR) is 140 cm³/mol. The Morgan fingerprint density at radius 1 is 0.686 bits per heavy atom. The zero-order chi connectivity index (χ0) is 25.9. The zero-order valence-electron chi connectivity index (χ0n) is 22.5. The van der Waals surface area contributed by atoms with Crippen molar-refractivity contribution >= 4 is 17.8 Å². The number of hydrogen-bond acceptors (Lipinski definition) is 5. The lowest BCUT2D eigenvalue weighted by Crippen LogP contribution is -2.55.